The minimum absolute atomic E-state index is 0.0815. The lowest BCUT2D eigenvalue weighted by Gasteiger charge is -2.37. The predicted octanol–water partition coefficient (Wildman–Crippen LogP) is 2.21. The van der Waals surface area contributed by atoms with Crippen LogP contribution in [-0.2, 0) is 11.8 Å². The number of carbonyl (C=O) groups excluding carboxylic acids is 1. The second kappa shape index (κ2) is 6.89. The maximum Gasteiger partial charge on any atom is 0.471 e. The number of aryl methyl sites for hydroxylation is 1. The van der Waals surface area contributed by atoms with E-state index in [0.29, 0.717) is 16.8 Å². The molecule has 1 aromatic heterocycles. The molecule has 2 aromatic rings. The molecular weight excluding hydrogens is 367 g/mol. The average Bonchev–Trinajstić information content (AvgIpc) is 3.06. The van der Waals surface area contributed by atoms with Gasteiger partial charge in [-0.15, -0.1) is 0 Å². The highest BCUT2D eigenvalue weighted by atomic mass is 19.4. The summed E-state index contributed by atoms with van der Waals surface area (Å²) in [5.41, 5.74) is 1.77. The molecule has 1 saturated heterocycles. The van der Waals surface area contributed by atoms with Gasteiger partial charge >= 0.3 is 12.1 Å². The van der Waals surface area contributed by atoms with Gasteiger partial charge in [0.25, 0.3) is 5.69 Å². The van der Waals surface area contributed by atoms with Crippen molar-refractivity contribution in [3.05, 3.63) is 40.7 Å². The van der Waals surface area contributed by atoms with Crippen LogP contribution >= 0.6 is 0 Å². The quantitative estimate of drug-likeness (QED) is 0.599. The fourth-order valence-corrected chi connectivity index (χ4v) is 3.03. The lowest BCUT2D eigenvalue weighted by Crippen LogP contribution is -2.52. The normalized spacial score (nSPS) is 15.1. The molecular formula is C16H16F3N5O3. The Morgan fingerprint density at radius 2 is 1.89 bits per heavy atom. The van der Waals surface area contributed by atoms with E-state index in [-0.39, 0.29) is 31.9 Å². The van der Waals surface area contributed by atoms with Crippen molar-refractivity contribution in [2.45, 2.75) is 6.18 Å². The van der Waals surface area contributed by atoms with Crippen molar-refractivity contribution < 1.29 is 22.9 Å². The number of hydrogen-bond donors (Lipinski definition) is 0. The molecule has 0 saturated carbocycles. The molecule has 0 atom stereocenters. The number of aromatic nitrogens is 2. The van der Waals surface area contributed by atoms with Crippen LogP contribution in [0.2, 0.25) is 0 Å². The molecule has 0 aliphatic carbocycles. The fourth-order valence-electron chi connectivity index (χ4n) is 3.03. The second-order valence-corrected chi connectivity index (χ2v) is 6.14. The summed E-state index contributed by atoms with van der Waals surface area (Å²) in [5.74, 6) is -1.85. The number of anilines is 1. The van der Waals surface area contributed by atoms with E-state index in [2.05, 4.69) is 5.10 Å². The largest absolute Gasteiger partial charge is 0.471 e. The third-order valence-corrected chi connectivity index (χ3v) is 4.36. The predicted molar refractivity (Wildman–Crippen MR) is 90.1 cm³/mol. The van der Waals surface area contributed by atoms with E-state index in [0.717, 1.165) is 4.90 Å². The monoisotopic (exact) mass is 383 g/mol. The second-order valence-electron chi connectivity index (χ2n) is 6.14. The number of alkyl halides is 3. The first-order valence-electron chi connectivity index (χ1n) is 8.05. The standard InChI is InChI=1S/C16H16F3N5O3/c1-21-10-11(9-20-21)13-8-12(24(26)27)2-3-14(13)22-4-6-23(7-5-22)15(25)16(17,18)19/h2-3,8-10H,4-7H2,1H3. The van der Waals surface area contributed by atoms with E-state index in [1.54, 1.807) is 30.2 Å². The maximum absolute atomic E-state index is 12.6. The van der Waals surface area contributed by atoms with Crippen molar-refractivity contribution >= 4 is 17.3 Å². The Morgan fingerprint density at radius 3 is 2.41 bits per heavy atom. The summed E-state index contributed by atoms with van der Waals surface area (Å²) < 4.78 is 39.3. The minimum Gasteiger partial charge on any atom is -0.367 e. The molecule has 0 unspecified atom stereocenters. The first-order chi connectivity index (χ1) is 12.7. The summed E-state index contributed by atoms with van der Waals surface area (Å²) >= 11 is 0. The third kappa shape index (κ3) is 3.86. The molecule has 1 fully saturated rings. The number of benzene rings is 1. The third-order valence-electron chi connectivity index (χ3n) is 4.36. The first-order valence-corrected chi connectivity index (χ1v) is 8.05. The van der Waals surface area contributed by atoms with Crippen LogP contribution in [0.5, 0.6) is 0 Å². The molecule has 1 aromatic carbocycles. The Bertz CT molecular complexity index is 872. The van der Waals surface area contributed by atoms with Crippen LogP contribution in [0.4, 0.5) is 24.5 Å². The van der Waals surface area contributed by atoms with Gasteiger partial charge in [-0.25, -0.2) is 0 Å². The highest BCUT2D eigenvalue weighted by Crippen LogP contribution is 2.34. The molecule has 1 amide bonds. The molecule has 144 valence electrons. The van der Waals surface area contributed by atoms with Gasteiger partial charge in [0, 0.05) is 68.4 Å². The Labute approximate surface area is 151 Å². The number of nitro benzene ring substituents is 1. The molecule has 8 nitrogen and oxygen atoms in total. The SMILES string of the molecule is Cn1cc(-c2cc([N+](=O)[O-])ccc2N2CCN(C(=O)C(F)(F)F)CC2)cn1. The van der Waals surface area contributed by atoms with Crippen molar-refractivity contribution in [2.75, 3.05) is 31.1 Å². The molecule has 1 aliphatic rings. The molecule has 3 rings (SSSR count). The van der Waals surface area contributed by atoms with Crippen molar-refractivity contribution in [3.63, 3.8) is 0 Å². The Balaban J connectivity index is 1.87. The van der Waals surface area contributed by atoms with Gasteiger partial charge in [-0.05, 0) is 6.07 Å². The molecule has 0 bridgehead atoms. The highest BCUT2D eigenvalue weighted by Gasteiger charge is 2.43. The molecule has 1 aliphatic heterocycles. The van der Waals surface area contributed by atoms with E-state index in [1.165, 1.54) is 12.1 Å². The number of piperazine rings is 1. The van der Waals surface area contributed by atoms with Gasteiger partial charge in [0.1, 0.15) is 0 Å². The fraction of sp³-hybridized carbons (Fsp3) is 0.375. The van der Waals surface area contributed by atoms with E-state index in [1.807, 2.05) is 4.90 Å². The number of amides is 1. The van der Waals surface area contributed by atoms with Crippen LogP contribution in [-0.4, -0.2) is 57.9 Å². The summed E-state index contributed by atoms with van der Waals surface area (Å²) in [4.78, 5) is 24.6. The Morgan fingerprint density at radius 1 is 1.22 bits per heavy atom. The number of nitro groups is 1. The number of halogens is 3. The van der Waals surface area contributed by atoms with Gasteiger partial charge in [0.2, 0.25) is 0 Å². The molecule has 2 heterocycles. The summed E-state index contributed by atoms with van der Waals surface area (Å²) in [6.45, 7) is 0.212. The van der Waals surface area contributed by atoms with Crippen molar-refractivity contribution in [1.29, 1.82) is 0 Å². The van der Waals surface area contributed by atoms with Crippen LogP contribution in [0.15, 0.2) is 30.6 Å². The zero-order chi connectivity index (χ0) is 19.8. The number of rotatable bonds is 3. The van der Waals surface area contributed by atoms with Gasteiger partial charge in [0.05, 0.1) is 11.1 Å². The smallest absolute Gasteiger partial charge is 0.367 e. The highest BCUT2D eigenvalue weighted by molar-refractivity contribution is 5.83. The number of carbonyl (C=O) groups is 1. The Hall–Kier alpha value is -3.11. The van der Waals surface area contributed by atoms with E-state index in [9.17, 15) is 28.1 Å². The maximum atomic E-state index is 12.6. The molecule has 0 spiro atoms. The van der Waals surface area contributed by atoms with Crippen LogP contribution in [0.25, 0.3) is 11.1 Å². The van der Waals surface area contributed by atoms with Crippen LogP contribution < -0.4 is 4.90 Å². The van der Waals surface area contributed by atoms with Gasteiger partial charge in [0.15, 0.2) is 0 Å². The minimum atomic E-state index is -4.89. The summed E-state index contributed by atoms with van der Waals surface area (Å²) in [6.07, 6.45) is -1.63. The van der Waals surface area contributed by atoms with Crippen LogP contribution in [0.1, 0.15) is 0 Å². The summed E-state index contributed by atoms with van der Waals surface area (Å²) in [7, 11) is 1.71. The molecule has 11 heteroatoms. The van der Waals surface area contributed by atoms with Crippen molar-refractivity contribution in [3.8, 4) is 11.1 Å². The Kier molecular flexibility index (Phi) is 4.77. The van der Waals surface area contributed by atoms with E-state index in [4.69, 9.17) is 0 Å². The van der Waals surface area contributed by atoms with Gasteiger partial charge in [-0.3, -0.25) is 19.6 Å². The van der Waals surface area contributed by atoms with Crippen LogP contribution in [0, 0.1) is 10.1 Å². The average molecular weight is 383 g/mol. The topological polar surface area (TPSA) is 84.5 Å². The van der Waals surface area contributed by atoms with Gasteiger partial charge in [-0.1, -0.05) is 0 Å². The number of non-ortho nitro benzene ring substituents is 1. The van der Waals surface area contributed by atoms with E-state index >= 15 is 0 Å². The van der Waals surface area contributed by atoms with Gasteiger partial charge in [-0.2, -0.15) is 18.3 Å². The van der Waals surface area contributed by atoms with Gasteiger partial charge < -0.3 is 9.80 Å². The zero-order valence-corrected chi connectivity index (χ0v) is 14.3. The number of nitrogens with zero attached hydrogens (tertiary/aromatic N) is 5. The molecule has 0 radical (unpaired) electrons. The summed E-state index contributed by atoms with van der Waals surface area (Å²) in [5, 5.41) is 15.2. The zero-order valence-electron chi connectivity index (χ0n) is 14.3. The van der Waals surface area contributed by atoms with Crippen molar-refractivity contribution in [2.24, 2.45) is 7.05 Å². The van der Waals surface area contributed by atoms with E-state index < -0.39 is 17.0 Å². The molecule has 0 N–H and O–H groups in total. The molecule has 27 heavy (non-hydrogen) atoms. The number of hydrogen-bond acceptors (Lipinski definition) is 5. The first kappa shape index (κ1) is 18.7. The lowest BCUT2D eigenvalue weighted by molar-refractivity contribution is -0.384. The van der Waals surface area contributed by atoms with Crippen molar-refractivity contribution in [1.82, 2.24) is 14.7 Å². The summed E-state index contributed by atoms with van der Waals surface area (Å²) in [6, 6.07) is 4.34. The van der Waals surface area contributed by atoms with Crippen LogP contribution in [0.3, 0.4) is 0 Å². The lowest BCUT2D eigenvalue weighted by atomic mass is 10.0.